The topological polar surface area (TPSA) is 38.0 Å². The first-order valence-electron chi connectivity index (χ1n) is 7.33. The Balaban J connectivity index is 0.000000581. The zero-order valence-corrected chi connectivity index (χ0v) is 12.7. The van der Waals surface area contributed by atoms with Crippen LogP contribution in [0.15, 0.2) is 11.3 Å². The Bertz CT molecular complexity index is 245. The third-order valence-electron chi connectivity index (χ3n) is 3.90. The largest absolute Gasteiger partial charge is 0.402 e. The molecule has 0 aromatic carbocycles. The van der Waals surface area contributed by atoms with E-state index in [1.54, 1.807) is 0 Å². The second kappa shape index (κ2) is 7.75. The molecule has 1 aliphatic heterocycles. The van der Waals surface area contributed by atoms with Gasteiger partial charge in [-0.2, -0.15) is 0 Å². The van der Waals surface area contributed by atoms with Crippen LogP contribution in [-0.2, 0) is 0 Å². The molecule has 2 nitrogen and oxygen atoms in total. The molecule has 102 valence electrons. The van der Waals surface area contributed by atoms with Crippen molar-refractivity contribution in [2.24, 2.45) is 11.1 Å². The monoisotopic (exact) mass is 240 g/mol. The normalized spacial score (nSPS) is 31.5. The maximum absolute atomic E-state index is 6.21. The van der Waals surface area contributed by atoms with Gasteiger partial charge in [0.25, 0.3) is 0 Å². The lowest BCUT2D eigenvalue weighted by atomic mass is 9.67. The van der Waals surface area contributed by atoms with Gasteiger partial charge in [-0.25, -0.2) is 0 Å². The predicted octanol–water partition coefficient (Wildman–Crippen LogP) is 3.82. The lowest BCUT2D eigenvalue weighted by Crippen LogP contribution is -2.53. The van der Waals surface area contributed by atoms with E-state index in [-0.39, 0.29) is 5.41 Å². The quantitative estimate of drug-likeness (QED) is 0.675. The summed E-state index contributed by atoms with van der Waals surface area (Å²) >= 11 is 0. The van der Waals surface area contributed by atoms with Crippen molar-refractivity contribution in [2.75, 3.05) is 6.54 Å². The summed E-state index contributed by atoms with van der Waals surface area (Å²) in [5, 5.41) is 3.60. The molecule has 0 spiro atoms. The van der Waals surface area contributed by atoms with Crippen LogP contribution in [0.25, 0.3) is 0 Å². The van der Waals surface area contributed by atoms with E-state index in [9.17, 15) is 0 Å². The lowest BCUT2D eigenvalue weighted by molar-refractivity contribution is 0.174. The Morgan fingerprint density at radius 3 is 2.35 bits per heavy atom. The van der Waals surface area contributed by atoms with Crippen LogP contribution in [0.1, 0.15) is 67.2 Å². The molecule has 1 saturated carbocycles. The first-order chi connectivity index (χ1) is 8.14. The molecule has 0 bridgehead atoms. The van der Waals surface area contributed by atoms with Crippen molar-refractivity contribution >= 4 is 0 Å². The van der Waals surface area contributed by atoms with Gasteiger partial charge in [0, 0.05) is 23.7 Å². The highest BCUT2D eigenvalue weighted by atomic mass is 15.0. The van der Waals surface area contributed by atoms with Gasteiger partial charge in [-0.15, -0.1) is 0 Å². The summed E-state index contributed by atoms with van der Waals surface area (Å²) in [5.41, 5.74) is 8.97. The highest BCUT2D eigenvalue weighted by molar-refractivity contribution is 5.25. The molecule has 1 fully saturated rings. The van der Waals surface area contributed by atoms with Crippen LogP contribution in [0, 0.1) is 5.41 Å². The van der Waals surface area contributed by atoms with Gasteiger partial charge in [0.1, 0.15) is 0 Å². The van der Waals surface area contributed by atoms with E-state index in [0.717, 1.165) is 12.2 Å². The van der Waals surface area contributed by atoms with Crippen LogP contribution in [0.5, 0.6) is 0 Å². The van der Waals surface area contributed by atoms with Gasteiger partial charge in [0.05, 0.1) is 0 Å². The Morgan fingerprint density at radius 2 is 1.76 bits per heavy atom. The van der Waals surface area contributed by atoms with Gasteiger partial charge in [0.2, 0.25) is 0 Å². The molecule has 0 radical (unpaired) electrons. The summed E-state index contributed by atoms with van der Waals surface area (Å²) in [6, 6.07) is 0.630. The average Bonchev–Trinajstić information content (AvgIpc) is 2.40. The van der Waals surface area contributed by atoms with Crippen molar-refractivity contribution in [3.63, 3.8) is 0 Å². The number of fused-ring (bicyclic) bond motifs is 1. The fourth-order valence-corrected chi connectivity index (χ4v) is 2.84. The summed E-state index contributed by atoms with van der Waals surface area (Å²) in [6.45, 7) is 13.5. The molecule has 2 atom stereocenters. The molecule has 0 aromatic heterocycles. The fraction of sp³-hybridized carbons (Fsp3) is 0.867. The van der Waals surface area contributed by atoms with Crippen molar-refractivity contribution in [1.82, 2.24) is 5.32 Å². The number of rotatable bonds is 0. The van der Waals surface area contributed by atoms with Crippen LogP contribution in [0.3, 0.4) is 0 Å². The third-order valence-corrected chi connectivity index (χ3v) is 3.90. The molecule has 17 heavy (non-hydrogen) atoms. The van der Waals surface area contributed by atoms with E-state index in [2.05, 4.69) is 19.2 Å². The van der Waals surface area contributed by atoms with Gasteiger partial charge in [0.15, 0.2) is 0 Å². The number of nitrogens with two attached hydrogens (primary N) is 1. The minimum Gasteiger partial charge on any atom is -0.402 e. The van der Waals surface area contributed by atoms with E-state index in [0.29, 0.717) is 6.04 Å². The maximum Gasteiger partial charge on any atom is 0.0224 e. The molecule has 1 aliphatic carbocycles. The molecular formula is C15H32N2. The summed E-state index contributed by atoms with van der Waals surface area (Å²) < 4.78 is 0. The van der Waals surface area contributed by atoms with Gasteiger partial charge in [-0.05, 0) is 25.3 Å². The van der Waals surface area contributed by atoms with Crippen molar-refractivity contribution < 1.29 is 0 Å². The number of hydrogen-bond donors (Lipinski definition) is 2. The van der Waals surface area contributed by atoms with Gasteiger partial charge < -0.3 is 11.1 Å². The van der Waals surface area contributed by atoms with Crippen molar-refractivity contribution in [2.45, 2.75) is 73.3 Å². The molecule has 0 aromatic rings. The first-order valence-corrected chi connectivity index (χ1v) is 7.33. The van der Waals surface area contributed by atoms with Crippen LogP contribution in [-0.4, -0.2) is 12.6 Å². The molecule has 2 unspecified atom stereocenters. The molecular weight excluding hydrogens is 208 g/mol. The van der Waals surface area contributed by atoms with Crippen LogP contribution in [0.4, 0.5) is 0 Å². The molecule has 2 rings (SSSR count). The molecule has 1 heterocycles. The average molecular weight is 240 g/mol. The van der Waals surface area contributed by atoms with Crippen molar-refractivity contribution in [3.05, 3.63) is 11.3 Å². The van der Waals surface area contributed by atoms with Gasteiger partial charge in [-0.3, -0.25) is 0 Å². The Kier molecular flexibility index (Phi) is 7.53. The van der Waals surface area contributed by atoms with E-state index in [4.69, 9.17) is 5.73 Å². The zero-order chi connectivity index (χ0) is 13.5. The van der Waals surface area contributed by atoms with Gasteiger partial charge >= 0.3 is 0 Å². The first kappa shape index (κ1) is 16.5. The highest BCUT2D eigenvalue weighted by Crippen LogP contribution is 2.42. The second-order valence-corrected chi connectivity index (χ2v) is 4.79. The maximum atomic E-state index is 6.21. The third kappa shape index (κ3) is 3.48. The summed E-state index contributed by atoms with van der Waals surface area (Å²) in [5.74, 6) is 0. The van der Waals surface area contributed by atoms with E-state index < -0.39 is 0 Å². The minimum atomic E-state index is 0.251. The Labute approximate surface area is 108 Å². The highest BCUT2D eigenvalue weighted by Gasteiger charge is 2.41. The van der Waals surface area contributed by atoms with E-state index in [1.165, 1.54) is 31.3 Å². The lowest BCUT2D eigenvalue weighted by Gasteiger charge is -2.46. The standard InChI is InChI=1S/C11H20N2.2C2H6/c1-8-7-13-9-5-3-4-6-11(9,2)10(8)12;2*1-2/h9,13H,3-7,12H2,1-2H3;2*1-2H3. The number of hydrogen-bond acceptors (Lipinski definition) is 2. The van der Waals surface area contributed by atoms with Crippen LogP contribution in [0.2, 0.25) is 0 Å². The van der Waals surface area contributed by atoms with Crippen LogP contribution >= 0.6 is 0 Å². The molecule has 0 amide bonds. The van der Waals surface area contributed by atoms with Crippen molar-refractivity contribution in [3.8, 4) is 0 Å². The molecule has 0 saturated heterocycles. The second-order valence-electron chi connectivity index (χ2n) is 4.79. The fourth-order valence-electron chi connectivity index (χ4n) is 2.84. The molecule has 2 heteroatoms. The summed E-state index contributed by atoms with van der Waals surface area (Å²) in [6.07, 6.45) is 5.25. The number of nitrogens with one attached hydrogen (secondary N) is 1. The predicted molar refractivity (Wildman–Crippen MR) is 77.9 cm³/mol. The Hall–Kier alpha value is -0.500. The molecule has 3 N–H and O–H groups in total. The summed E-state index contributed by atoms with van der Waals surface area (Å²) in [4.78, 5) is 0. The SMILES string of the molecule is CC.CC.CC1=C(N)C2(C)CCCCC2NC1. The van der Waals surface area contributed by atoms with E-state index in [1.807, 2.05) is 27.7 Å². The molecule has 2 aliphatic rings. The Morgan fingerprint density at radius 1 is 1.18 bits per heavy atom. The van der Waals surface area contributed by atoms with Crippen molar-refractivity contribution in [1.29, 1.82) is 0 Å². The summed E-state index contributed by atoms with van der Waals surface area (Å²) in [7, 11) is 0. The minimum absolute atomic E-state index is 0.251. The van der Waals surface area contributed by atoms with Crippen LogP contribution < -0.4 is 11.1 Å². The van der Waals surface area contributed by atoms with Gasteiger partial charge in [-0.1, -0.05) is 47.5 Å². The smallest absolute Gasteiger partial charge is 0.0224 e. The van der Waals surface area contributed by atoms with E-state index >= 15 is 0 Å². The zero-order valence-electron chi connectivity index (χ0n) is 12.7.